The van der Waals surface area contributed by atoms with Crippen LogP contribution in [0.25, 0.3) is 0 Å². The van der Waals surface area contributed by atoms with Crippen LogP contribution in [0.2, 0.25) is 5.02 Å². The quantitative estimate of drug-likeness (QED) is 0.896. The molecule has 1 aromatic carbocycles. The Morgan fingerprint density at radius 2 is 2.30 bits per heavy atom. The highest BCUT2D eigenvalue weighted by atomic mass is 35.5. The Balaban J connectivity index is 2.18. The average Bonchev–Trinajstić information content (AvgIpc) is 2.45. The van der Waals surface area contributed by atoms with Gasteiger partial charge in [0, 0.05) is 18.4 Å². The zero-order chi connectivity index (χ0) is 14.6. The molecule has 0 amide bonds. The predicted molar refractivity (Wildman–Crippen MR) is 79.6 cm³/mol. The first kappa shape index (κ1) is 15.5. The van der Waals surface area contributed by atoms with Crippen molar-refractivity contribution in [2.24, 2.45) is 5.41 Å². The summed E-state index contributed by atoms with van der Waals surface area (Å²) in [6, 6.07) is 4.66. The van der Waals surface area contributed by atoms with Crippen LogP contribution in [0.1, 0.15) is 38.2 Å². The SMILES string of the molecule is CCCC1(C(=O)Cc2cccc(F)c2Cl)CCCNC1. The number of hydrogen-bond acceptors (Lipinski definition) is 2. The van der Waals surface area contributed by atoms with E-state index in [9.17, 15) is 9.18 Å². The monoisotopic (exact) mass is 297 g/mol. The molecule has 1 aliphatic heterocycles. The van der Waals surface area contributed by atoms with E-state index in [2.05, 4.69) is 12.2 Å². The Bertz CT molecular complexity index is 478. The maximum Gasteiger partial charge on any atom is 0.144 e. The van der Waals surface area contributed by atoms with Crippen LogP contribution in [0.4, 0.5) is 4.39 Å². The van der Waals surface area contributed by atoms with E-state index in [0.717, 1.165) is 38.8 Å². The third-order valence-electron chi connectivity index (χ3n) is 4.17. The zero-order valence-corrected chi connectivity index (χ0v) is 12.6. The summed E-state index contributed by atoms with van der Waals surface area (Å²) in [4.78, 5) is 12.7. The van der Waals surface area contributed by atoms with Gasteiger partial charge in [-0.05, 0) is 37.4 Å². The molecule has 1 saturated heterocycles. The molecule has 0 aliphatic carbocycles. The van der Waals surface area contributed by atoms with Crippen molar-refractivity contribution in [3.63, 3.8) is 0 Å². The van der Waals surface area contributed by atoms with Gasteiger partial charge in [0.1, 0.15) is 11.6 Å². The smallest absolute Gasteiger partial charge is 0.144 e. The Labute approximate surface area is 124 Å². The summed E-state index contributed by atoms with van der Waals surface area (Å²) in [5.41, 5.74) is 0.292. The molecule has 1 heterocycles. The van der Waals surface area contributed by atoms with Crippen LogP contribution in [-0.4, -0.2) is 18.9 Å². The fourth-order valence-electron chi connectivity index (χ4n) is 3.08. The van der Waals surface area contributed by atoms with E-state index >= 15 is 0 Å². The molecular weight excluding hydrogens is 277 g/mol. The van der Waals surface area contributed by atoms with Crippen LogP contribution >= 0.6 is 11.6 Å². The second-order valence-electron chi connectivity index (χ2n) is 5.62. The number of piperidine rings is 1. The van der Waals surface area contributed by atoms with Crippen LogP contribution in [-0.2, 0) is 11.2 Å². The predicted octanol–water partition coefficient (Wildman–Crippen LogP) is 3.76. The lowest BCUT2D eigenvalue weighted by Gasteiger charge is -2.36. The first-order valence-corrected chi connectivity index (χ1v) is 7.64. The molecule has 0 spiro atoms. The van der Waals surface area contributed by atoms with Crippen LogP contribution in [0.3, 0.4) is 0 Å². The molecule has 0 aromatic heterocycles. The van der Waals surface area contributed by atoms with Crippen molar-refractivity contribution >= 4 is 17.4 Å². The Morgan fingerprint density at radius 3 is 2.95 bits per heavy atom. The summed E-state index contributed by atoms with van der Waals surface area (Å²) < 4.78 is 13.5. The molecule has 1 fully saturated rings. The van der Waals surface area contributed by atoms with Crippen molar-refractivity contribution < 1.29 is 9.18 Å². The van der Waals surface area contributed by atoms with Gasteiger partial charge in [-0.25, -0.2) is 4.39 Å². The molecule has 2 rings (SSSR count). The van der Waals surface area contributed by atoms with Crippen molar-refractivity contribution in [3.8, 4) is 0 Å². The maximum atomic E-state index is 13.5. The average molecular weight is 298 g/mol. The van der Waals surface area contributed by atoms with E-state index in [4.69, 9.17) is 11.6 Å². The highest BCUT2D eigenvalue weighted by molar-refractivity contribution is 6.31. The number of benzene rings is 1. The largest absolute Gasteiger partial charge is 0.316 e. The topological polar surface area (TPSA) is 29.1 Å². The number of hydrogen-bond donors (Lipinski definition) is 1. The van der Waals surface area contributed by atoms with Gasteiger partial charge < -0.3 is 5.32 Å². The lowest BCUT2D eigenvalue weighted by atomic mass is 9.72. The van der Waals surface area contributed by atoms with E-state index < -0.39 is 5.82 Å². The summed E-state index contributed by atoms with van der Waals surface area (Å²) >= 11 is 5.96. The van der Waals surface area contributed by atoms with E-state index in [1.54, 1.807) is 12.1 Å². The van der Waals surface area contributed by atoms with E-state index in [0.29, 0.717) is 5.56 Å². The first-order chi connectivity index (χ1) is 9.59. The van der Waals surface area contributed by atoms with Crippen LogP contribution in [0.5, 0.6) is 0 Å². The van der Waals surface area contributed by atoms with Gasteiger partial charge in [0.2, 0.25) is 0 Å². The highest BCUT2D eigenvalue weighted by Gasteiger charge is 2.38. The third kappa shape index (κ3) is 3.21. The van der Waals surface area contributed by atoms with Gasteiger partial charge in [-0.3, -0.25) is 4.79 Å². The molecule has 4 heteroatoms. The van der Waals surface area contributed by atoms with Gasteiger partial charge in [0.15, 0.2) is 0 Å². The van der Waals surface area contributed by atoms with Crippen LogP contribution < -0.4 is 5.32 Å². The number of rotatable bonds is 5. The van der Waals surface area contributed by atoms with E-state index in [1.165, 1.54) is 6.07 Å². The molecule has 1 unspecified atom stereocenters. The number of carbonyl (C=O) groups excluding carboxylic acids is 1. The standard InChI is InChI=1S/C16H21ClFNO/c1-2-7-16(8-4-9-19-11-16)14(20)10-12-5-3-6-13(18)15(12)17/h3,5-6,19H,2,4,7-11H2,1H3. The highest BCUT2D eigenvalue weighted by Crippen LogP contribution is 2.34. The third-order valence-corrected chi connectivity index (χ3v) is 4.60. The lowest BCUT2D eigenvalue weighted by Crippen LogP contribution is -2.46. The molecule has 20 heavy (non-hydrogen) atoms. The lowest BCUT2D eigenvalue weighted by molar-refractivity contribution is -0.129. The Morgan fingerprint density at radius 1 is 1.50 bits per heavy atom. The number of ketones is 1. The summed E-state index contributed by atoms with van der Waals surface area (Å²) in [5.74, 6) is -0.276. The molecule has 1 aromatic rings. The maximum absolute atomic E-state index is 13.5. The van der Waals surface area contributed by atoms with Crippen molar-refractivity contribution in [3.05, 3.63) is 34.6 Å². The summed E-state index contributed by atoms with van der Waals surface area (Å²) in [6.45, 7) is 3.80. The molecular formula is C16H21ClFNO. The second kappa shape index (κ2) is 6.68. The van der Waals surface area contributed by atoms with Gasteiger partial charge >= 0.3 is 0 Å². The normalized spacial score (nSPS) is 22.8. The number of carbonyl (C=O) groups is 1. The van der Waals surface area contributed by atoms with Gasteiger partial charge in [0.05, 0.1) is 5.02 Å². The van der Waals surface area contributed by atoms with Crippen molar-refractivity contribution in [1.29, 1.82) is 0 Å². The summed E-state index contributed by atoms with van der Waals surface area (Å²) in [5, 5.41) is 3.41. The first-order valence-electron chi connectivity index (χ1n) is 7.26. The Hall–Kier alpha value is -0.930. The molecule has 110 valence electrons. The minimum absolute atomic E-state index is 0.0799. The van der Waals surface area contributed by atoms with Gasteiger partial charge in [-0.2, -0.15) is 0 Å². The fraction of sp³-hybridized carbons (Fsp3) is 0.562. The minimum Gasteiger partial charge on any atom is -0.316 e. The number of nitrogens with one attached hydrogen (secondary N) is 1. The van der Waals surface area contributed by atoms with Crippen LogP contribution in [0.15, 0.2) is 18.2 Å². The Kier molecular flexibility index (Phi) is 5.17. The molecule has 2 nitrogen and oxygen atoms in total. The summed E-state index contributed by atoms with van der Waals surface area (Å²) in [6.07, 6.45) is 4.01. The summed E-state index contributed by atoms with van der Waals surface area (Å²) in [7, 11) is 0. The van der Waals surface area contributed by atoms with Gasteiger partial charge in [-0.15, -0.1) is 0 Å². The van der Waals surface area contributed by atoms with E-state index in [1.807, 2.05) is 0 Å². The van der Waals surface area contributed by atoms with Crippen LogP contribution in [0, 0.1) is 11.2 Å². The number of Topliss-reactive ketones (excluding diaryl/α,β-unsaturated/α-hetero) is 1. The van der Waals surface area contributed by atoms with Gasteiger partial charge in [0.25, 0.3) is 0 Å². The zero-order valence-electron chi connectivity index (χ0n) is 11.8. The van der Waals surface area contributed by atoms with E-state index in [-0.39, 0.29) is 22.6 Å². The van der Waals surface area contributed by atoms with Crippen molar-refractivity contribution in [2.75, 3.05) is 13.1 Å². The van der Waals surface area contributed by atoms with Gasteiger partial charge in [-0.1, -0.05) is 37.1 Å². The number of halogens is 2. The molecule has 1 aliphatic rings. The molecule has 1 N–H and O–H groups in total. The molecule has 1 atom stereocenters. The fourth-order valence-corrected chi connectivity index (χ4v) is 3.28. The second-order valence-corrected chi connectivity index (χ2v) is 6.00. The van der Waals surface area contributed by atoms with Crippen molar-refractivity contribution in [2.45, 2.75) is 39.0 Å². The minimum atomic E-state index is -0.455. The van der Waals surface area contributed by atoms with Crippen molar-refractivity contribution in [1.82, 2.24) is 5.32 Å². The molecule has 0 radical (unpaired) electrons. The molecule has 0 bridgehead atoms. The molecule has 0 saturated carbocycles.